The van der Waals surface area contributed by atoms with Crippen LogP contribution in [0.2, 0.25) is 0 Å². The molecule has 3 amide bonds. The lowest BCUT2D eigenvalue weighted by Gasteiger charge is -2.37. The van der Waals surface area contributed by atoms with E-state index in [1.165, 1.54) is 0 Å². The van der Waals surface area contributed by atoms with Gasteiger partial charge in [0, 0.05) is 44.7 Å². The minimum atomic E-state index is -1.10. The van der Waals surface area contributed by atoms with Gasteiger partial charge in [0.05, 0.1) is 17.9 Å². The first-order valence-corrected chi connectivity index (χ1v) is 13.7. The number of halogens is 1. The normalized spacial score (nSPS) is 29.8. The second-order valence-corrected chi connectivity index (χ2v) is 11.3. The molecule has 0 aliphatic carbocycles. The molecule has 3 unspecified atom stereocenters. The van der Waals surface area contributed by atoms with Crippen LogP contribution < -0.4 is 0 Å². The van der Waals surface area contributed by atoms with Gasteiger partial charge in [-0.15, -0.1) is 13.2 Å². The summed E-state index contributed by atoms with van der Waals surface area (Å²) in [7, 11) is 1.69. The Hall–Kier alpha value is -2.49. The molecule has 0 saturated carbocycles. The van der Waals surface area contributed by atoms with Gasteiger partial charge in [0.15, 0.2) is 0 Å². The highest BCUT2D eigenvalue weighted by Gasteiger charge is 2.76. The predicted molar refractivity (Wildman–Crippen MR) is 144 cm³/mol. The van der Waals surface area contributed by atoms with Gasteiger partial charge in [0.25, 0.3) is 0 Å². The quantitative estimate of drug-likeness (QED) is 0.235. The Labute approximate surface area is 227 Å². The maximum atomic E-state index is 14.3. The predicted octanol–water partition coefficient (Wildman–Crippen LogP) is 2.37. The molecule has 6 atom stereocenters. The number of hydrogen-bond donors (Lipinski definition) is 1. The summed E-state index contributed by atoms with van der Waals surface area (Å²) in [5.41, 5.74) is -0.130. The van der Waals surface area contributed by atoms with E-state index in [9.17, 15) is 19.5 Å². The van der Waals surface area contributed by atoms with E-state index >= 15 is 0 Å². The molecule has 9 heteroatoms. The third kappa shape index (κ3) is 4.89. The van der Waals surface area contributed by atoms with Crippen molar-refractivity contribution in [1.82, 2.24) is 14.7 Å². The first-order chi connectivity index (χ1) is 17.8. The van der Waals surface area contributed by atoms with Crippen molar-refractivity contribution < 1.29 is 24.2 Å². The molecule has 8 nitrogen and oxygen atoms in total. The van der Waals surface area contributed by atoms with Gasteiger partial charge in [-0.05, 0) is 24.8 Å². The van der Waals surface area contributed by atoms with Crippen LogP contribution >= 0.6 is 15.9 Å². The maximum Gasteiger partial charge on any atom is 0.248 e. The van der Waals surface area contributed by atoms with E-state index in [4.69, 9.17) is 4.74 Å². The van der Waals surface area contributed by atoms with Crippen molar-refractivity contribution >= 4 is 33.7 Å². The Kier molecular flexibility index (Phi) is 8.56. The van der Waals surface area contributed by atoms with Crippen LogP contribution in [0.4, 0.5) is 0 Å². The second-order valence-electron chi connectivity index (χ2n) is 10.1. The summed E-state index contributed by atoms with van der Waals surface area (Å²) in [6, 6.07) is 8.83. The fraction of sp³-hybridized carbons (Fsp3) is 0.536. The Bertz CT molecular complexity index is 1040. The molecule has 3 saturated heterocycles. The molecule has 2 bridgehead atoms. The molecule has 3 aliphatic rings. The number of unbranched alkanes of at least 4 members (excludes halogenated alkanes) is 1. The monoisotopic (exact) mass is 573 g/mol. The average Bonchev–Trinajstić information content (AvgIpc) is 3.47. The molecule has 0 radical (unpaired) electrons. The number of benzene rings is 1. The molecule has 1 spiro atoms. The van der Waals surface area contributed by atoms with Gasteiger partial charge in [-0.3, -0.25) is 14.4 Å². The Balaban J connectivity index is 1.73. The van der Waals surface area contributed by atoms with Crippen molar-refractivity contribution in [2.75, 3.05) is 33.3 Å². The Morgan fingerprint density at radius 3 is 2.54 bits per heavy atom. The molecule has 3 aliphatic heterocycles. The van der Waals surface area contributed by atoms with Gasteiger partial charge < -0.3 is 24.5 Å². The van der Waals surface area contributed by atoms with Crippen LogP contribution in [0.15, 0.2) is 55.6 Å². The van der Waals surface area contributed by atoms with Gasteiger partial charge in [0.2, 0.25) is 17.7 Å². The molecule has 4 rings (SSSR count). The van der Waals surface area contributed by atoms with E-state index in [0.29, 0.717) is 45.4 Å². The van der Waals surface area contributed by atoms with Crippen molar-refractivity contribution in [2.45, 2.75) is 48.4 Å². The van der Waals surface area contributed by atoms with Crippen LogP contribution in [0.3, 0.4) is 0 Å². The average molecular weight is 575 g/mol. The number of aliphatic hydroxyl groups is 1. The molecule has 1 N–H and O–H groups in total. The number of likely N-dealkylation sites (tertiary alicyclic amines) is 1. The van der Waals surface area contributed by atoms with Gasteiger partial charge in [-0.1, -0.05) is 58.4 Å². The summed E-state index contributed by atoms with van der Waals surface area (Å²) in [5.74, 6) is -2.03. The maximum absolute atomic E-state index is 14.3. The highest BCUT2D eigenvalue weighted by molar-refractivity contribution is 9.09. The first kappa shape index (κ1) is 27.5. The van der Waals surface area contributed by atoms with Crippen LogP contribution in [0.25, 0.3) is 0 Å². The van der Waals surface area contributed by atoms with E-state index in [-0.39, 0.29) is 29.2 Å². The summed E-state index contributed by atoms with van der Waals surface area (Å²) < 4.78 is 6.57. The molecule has 200 valence electrons. The molecular formula is C28H36BrN3O5. The second kappa shape index (κ2) is 11.5. The summed E-state index contributed by atoms with van der Waals surface area (Å²) >= 11 is 3.71. The largest absolute Gasteiger partial charge is 0.396 e. The lowest BCUT2D eigenvalue weighted by molar-refractivity contribution is -0.148. The number of rotatable bonds is 12. The zero-order valence-electron chi connectivity index (χ0n) is 21.3. The molecular weight excluding hydrogens is 538 g/mol. The molecule has 1 aromatic carbocycles. The zero-order valence-corrected chi connectivity index (χ0v) is 22.9. The highest BCUT2D eigenvalue weighted by Crippen LogP contribution is 2.60. The van der Waals surface area contributed by atoms with E-state index < -0.39 is 29.6 Å². The van der Waals surface area contributed by atoms with E-state index in [1.54, 1.807) is 33.9 Å². The van der Waals surface area contributed by atoms with E-state index in [1.807, 2.05) is 30.3 Å². The third-order valence-corrected chi connectivity index (χ3v) is 8.62. The number of amides is 3. The number of hydrogen-bond acceptors (Lipinski definition) is 5. The Morgan fingerprint density at radius 2 is 1.89 bits per heavy atom. The van der Waals surface area contributed by atoms with Gasteiger partial charge in [-0.25, -0.2) is 0 Å². The zero-order chi connectivity index (χ0) is 26.7. The van der Waals surface area contributed by atoms with Crippen molar-refractivity contribution in [1.29, 1.82) is 0 Å². The van der Waals surface area contributed by atoms with Crippen LogP contribution in [0.5, 0.6) is 0 Å². The van der Waals surface area contributed by atoms with Crippen LogP contribution in [-0.2, 0) is 25.7 Å². The van der Waals surface area contributed by atoms with Crippen molar-refractivity contribution in [2.24, 2.45) is 11.8 Å². The standard InChI is InChI=1S/C28H36BrN3O5/c1-4-13-30(3)25(34)21-22-26(35)32(15-9-10-16-33)24(28(22)17-20(29)23(21)37-28)27(36)31(14-5-2)18-19-11-7-6-8-12-19/h4-8,11-12,20-24,33H,1-2,9-10,13-18H2,3H3/t20?,21-,22-,23-,24?,28?/m0/s1. The molecule has 3 fully saturated rings. The van der Waals surface area contributed by atoms with Gasteiger partial charge in [-0.2, -0.15) is 0 Å². The van der Waals surface area contributed by atoms with Gasteiger partial charge in [0.1, 0.15) is 11.6 Å². The smallest absolute Gasteiger partial charge is 0.248 e. The number of nitrogens with zero attached hydrogens (tertiary/aromatic N) is 3. The number of fused-ring (bicyclic) bond motifs is 1. The number of aliphatic hydroxyl groups excluding tert-OH is 1. The number of carbonyl (C=O) groups excluding carboxylic acids is 3. The molecule has 37 heavy (non-hydrogen) atoms. The minimum absolute atomic E-state index is 0.00131. The highest BCUT2D eigenvalue weighted by atomic mass is 79.9. The Morgan fingerprint density at radius 1 is 1.19 bits per heavy atom. The fourth-order valence-electron chi connectivity index (χ4n) is 6.23. The SMILES string of the molecule is C=CCN(C)C(=O)[C@H]1[C@H]2C(=O)N(CCCCO)C(C(=O)N(CC=C)Cc3ccccc3)C23CC(Br)[C@@H]1O3. The topological polar surface area (TPSA) is 90.4 Å². The fourth-order valence-corrected chi connectivity index (χ4v) is 7.17. The lowest BCUT2D eigenvalue weighted by Crippen LogP contribution is -2.56. The minimum Gasteiger partial charge on any atom is -0.396 e. The first-order valence-electron chi connectivity index (χ1n) is 12.8. The van der Waals surface area contributed by atoms with Crippen LogP contribution in [-0.4, -0.2) is 93.4 Å². The number of likely N-dealkylation sites (N-methyl/N-ethyl adjacent to an activating group) is 1. The molecule has 0 aromatic heterocycles. The number of alkyl halides is 1. The van der Waals surface area contributed by atoms with Gasteiger partial charge >= 0.3 is 0 Å². The van der Waals surface area contributed by atoms with Crippen molar-refractivity contribution in [3.8, 4) is 0 Å². The lowest BCUT2D eigenvalue weighted by atomic mass is 9.70. The van der Waals surface area contributed by atoms with Crippen LogP contribution in [0, 0.1) is 11.8 Å². The molecule has 1 aromatic rings. The summed E-state index contributed by atoms with van der Waals surface area (Å²) in [4.78, 5) is 46.6. The summed E-state index contributed by atoms with van der Waals surface area (Å²) in [5, 5.41) is 9.35. The van der Waals surface area contributed by atoms with Crippen molar-refractivity contribution in [3.05, 3.63) is 61.2 Å². The summed E-state index contributed by atoms with van der Waals surface area (Å²) in [6.45, 7) is 8.92. The summed E-state index contributed by atoms with van der Waals surface area (Å²) in [6.07, 6.45) is 4.35. The third-order valence-electron chi connectivity index (χ3n) is 7.77. The molecule has 3 heterocycles. The van der Waals surface area contributed by atoms with Crippen molar-refractivity contribution in [3.63, 3.8) is 0 Å². The van der Waals surface area contributed by atoms with Crippen LogP contribution in [0.1, 0.15) is 24.8 Å². The number of carbonyl (C=O) groups is 3. The number of ether oxygens (including phenoxy) is 1. The van der Waals surface area contributed by atoms with E-state index in [2.05, 4.69) is 29.1 Å². The van der Waals surface area contributed by atoms with E-state index in [0.717, 1.165) is 5.56 Å².